The number of carbonyl (C=O) groups is 3. The van der Waals surface area contributed by atoms with Crippen molar-refractivity contribution in [3.63, 3.8) is 0 Å². The normalized spacial score (nSPS) is 10.9. The molecule has 0 bridgehead atoms. The first kappa shape index (κ1) is 29.3. The third-order valence-electron chi connectivity index (χ3n) is 5.34. The summed E-state index contributed by atoms with van der Waals surface area (Å²) in [7, 11) is -4.21. The highest BCUT2D eigenvalue weighted by Gasteiger charge is 2.20. The average Bonchev–Trinajstić information content (AvgIpc) is 2.94. The molecule has 2 aromatic carbocycles. The Morgan fingerprint density at radius 2 is 1.56 bits per heavy atom. The summed E-state index contributed by atoms with van der Waals surface area (Å²) in [6, 6.07) is 17.7. The van der Waals surface area contributed by atoms with Crippen LogP contribution in [0.15, 0.2) is 77.8 Å². The maximum Gasteiger partial charge on any atom is 0.414 e. The van der Waals surface area contributed by atoms with Gasteiger partial charge in [0.25, 0.3) is 21.8 Å². The summed E-state index contributed by atoms with van der Waals surface area (Å²) in [4.78, 5) is 40.2. The van der Waals surface area contributed by atoms with Crippen LogP contribution in [0.5, 0.6) is 5.88 Å². The Balaban J connectivity index is 1.48. The Kier molecular flexibility index (Phi) is 11.0. The van der Waals surface area contributed by atoms with E-state index in [4.69, 9.17) is 9.47 Å². The zero-order valence-corrected chi connectivity index (χ0v) is 22.2. The van der Waals surface area contributed by atoms with Crippen LogP contribution >= 0.6 is 0 Å². The van der Waals surface area contributed by atoms with E-state index in [0.29, 0.717) is 25.3 Å². The Labute approximate surface area is 227 Å². The Morgan fingerprint density at radius 1 is 0.846 bits per heavy atom. The van der Waals surface area contributed by atoms with Crippen LogP contribution in [-0.2, 0) is 21.2 Å². The van der Waals surface area contributed by atoms with Gasteiger partial charge >= 0.3 is 6.09 Å². The zero-order valence-electron chi connectivity index (χ0n) is 21.4. The largest absolute Gasteiger partial charge is 0.414 e. The maximum absolute atomic E-state index is 12.7. The van der Waals surface area contributed by atoms with Crippen LogP contribution in [0.1, 0.15) is 39.6 Å². The predicted octanol–water partition coefficient (Wildman–Crippen LogP) is 2.69. The molecule has 1 aromatic heterocycles. The van der Waals surface area contributed by atoms with E-state index in [1.54, 1.807) is 0 Å². The second kappa shape index (κ2) is 14.6. The third-order valence-corrected chi connectivity index (χ3v) is 6.69. The molecule has 11 nitrogen and oxygen atoms in total. The number of aryl methyl sites for hydroxylation is 1. The molecule has 206 valence electrons. The molecule has 12 heteroatoms. The van der Waals surface area contributed by atoms with E-state index in [9.17, 15) is 22.8 Å². The summed E-state index contributed by atoms with van der Waals surface area (Å²) >= 11 is 0. The van der Waals surface area contributed by atoms with E-state index in [0.717, 1.165) is 19.0 Å². The molecule has 0 aliphatic heterocycles. The van der Waals surface area contributed by atoms with Crippen LogP contribution in [0.4, 0.5) is 4.79 Å². The number of hydrogen-bond donors (Lipinski definition) is 3. The lowest BCUT2D eigenvalue weighted by Gasteiger charge is -2.09. The molecule has 39 heavy (non-hydrogen) atoms. The Hall–Kier alpha value is -4.29. The molecule has 0 radical (unpaired) electrons. The number of hydrogen-bond acceptors (Lipinski definition) is 8. The number of pyridine rings is 1. The Morgan fingerprint density at radius 3 is 2.23 bits per heavy atom. The number of sulfonamides is 1. The Bertz CT molecular complexity index is 1350. The first-order valence-electron chi connectivity index (χ1n) is 12.3. The van der Waals surface area contributed by atoms with Crippen molar-refractivity contribution in [2.24, 2.45) is 0 Å². The molecule has 0 saturated carbocycles. The summed E-state index contributed by atoms with van der Waals surface area (Å²) in [5.41, 5.74) is 1.41. The van der Waals surface area contributed by atoms with E-state index in [1.165, 1.54) is 42.0 Å². The number of nitrogens with one attached hydrogen (secondary N) is 3. The predicted molar refractivity (Wildman–Crippen MR) is 143 cm³/mol. The van der Waals surface area contributed by atoms with E-state index < -0.39 is 22.0 Å². The topological polar surface area (TPSA) is 153 Å². The van der Waals surface area contributed by atoms with Crippen LogP contribution in [-0.4, -0.2) is 57.6 Å². The summed E-state index contributed by atoms with van der Waals surface area (Å²) in [6.45, 7) is 3.41. The van der Waals surface area contributed by atoms with Crippen LogP contribution in [0, 0.1) is 0 Å². The fraction of sp³-hybridized carbons (Fsp3) is 0.259. The second-order valence-electron chi connectivity index (χ2n) is 8.20. The van der Waals surface area contributed by atoms with E-state index in [2.05, 4.69) is 15.6 Å². The van der Waals surface area contributed by atoms with Gasteiger partial charge in [-0.1, -0.05) is 30.3 Å². The highest BCUT2D eigenvalue weighted by atomic mass is 32.2. The lowest BCUT2D eigenvalue weighted by atomic mass is 10.1. The fourth-order valence-corrected chi connectivity index (χ4v) is 4.32. The second-order valence-corrected chi connectivity index (χ2v) is 9.88. The number of amides is 3. The molecule has 0 saturated heterocycles. The number of benzene rings is 2. The van der Waals surface area contributed by atoms with Gasteiger partial charge in [0.15, 0.2) is 0 Å². The number of aromatic nitrogens is 1. The van der Waals surface area contributed by atoms with Crippen molar-refractivity contribution >= 4 is 27.9 Å². The van der Waals surface area contributed by atoms with Crippen molar-refractivity contribution < 1.29 is 32.3 Å². The summed E-state index contributed by atoms with van der Waals surface area (Å²) in [5, 5.41) is 5.28. The van der Waals surface area contributed by atoms with Gasteiger partial charge in [-0.25, -0.2) is 22.9 Å². The fourth-order valence-electron chi connectivity index (χ4n) is 3.34. The highest BCUT2D eigenvalue weighted by Crippen LogP contribution is 2.13. The smallest absolute Gasteiger partial charge is 0.391 e. The first-order valence-corrected chi connectivity index (χ1v) is 13.8. The first-order chi connectivity index (χ1) is 18.8. The van der Waals surface area contributed by atoms with Gasteiger partial charge in [0.05, 0.1) is 17.1 Å². The lowest BCUT2D eigenvalue weighted by molar-refractivity contribution is 0.0950. The number of nitrogens with zero attached hydrogens (tertiary/aromatic N) is 1. The average molecular weight is 555 g/mol. The standard InChI is InChI=1S/C27H30N4O7S/c1-2-37-18-17-29-27(34)38-24-15-12-22(19-30-24)26(33)31-39(35,36)23-13-10-21(11-14-23)25(32)28-16-6-9-20-7-4-3-5-8-20/h3-5,7-8,10-15,19H,2,6,9,16-18H2,1H3,(H,28,32)(H,29,34)(H,31,33). The monoisotopic (exact) mass is 554 g/mol. The minimum Gasteiger partial charge on any atom is -0.391 e. The van der Waals surface area contributed by atoms with Gasteiger partial charge in [0, 0.05) is 37.5 Å². The number of rotatable bonds is 13. The van der Waals surface area contributed by atoms with Crippen LogP contribution < -0.4 is 20.1 Å². The van der Waals surface area contributed by atoms with E-state index >= 15 is 0 Å². The van der Waals surface area contributed by atoms with Crippen molar-refractivity contribution in [2.45, 2.75) is 24.7 Å². The van der Waals surface area contributed by atoms with Gasteiger partial charge in [0.2, 0.25) is 5.88 Å². The molecule has 3 aromatic rings. The molecule has 3 N–H and O–H groups in total. The molecule has 3 amide bonds. The molecule has 0 atom stereocenters. The molecular weight excluding hydrogens is 524 g/mol. The van der Waals surface area contributed by atoms with Crippen molar-refractivity contribution in [3.8, 4) is 5.88 Å². The SMILES string of the molecule is CCOCCNC(=O)Oc1ccc(C(=O)NS(=O)(=O)c2ccc(C(=O)NCCCc3ccccc3)cc2)cn1. The zero-order chi connectivity index (χ0) is 28.1. The molecule has 0 fully saturated rings. The molecule has 0 aliphatic rings. The van der Waals surface area contributed by atoms with Crippen molar-refractivity contribution in [3.05, 3.63) is 89.6 Å². The van der Waals surface area contributed by atoms with Gasteiger partial charge in [-0.15, -0.1) is 0 Å². The van der Waals surface area contributed by atoms with Crippen LogP contribution in [0.3, 0.4) is 0 Å². The summed E-state index contributed by atoms with van der Waals surface area (Å²) < 4.78 is 37.4. The van der Waals surface area contributed by atoms with Gasteiger partial charge < -0.3 is 20.1 Å². The maximum atomic E-state index is 12.7. The van der Waals surface area contributed by atoms with Crippen LogP contribution in [0.2, 0.25) is 0 Å². The molecular formula is C27H30N4O7S. The number of ether oxygens (including phenoxy) is 2. The van der Waals surface area contributed by atoms with Crippen molar-refractivity contribution in [1.29, 1.82) is 0 Å². The third kappa shape index (κ3) is 9.51. The molecule has 0 unspecified atom stereocenters. The van der Waals surface area contributed by atoms with E-state index in [1.807, 2.05) is 42.0 Å². The van der Waals surface area contributed by atoms with Crippen molar-refractivity contribution in [1.82, 2.24) is 20.3 Å². The molecule has 1 heterocycles. The lowest BCUT2D eigenvalue weighted by Crippen LogP contribution is -2.31. The van der Waals surface area contributed by atoms with Gasteiger partial charge in [-0.2, -0.15) is 0 Å². The van der Waals surface area contributed by atoms with Gasteiger partial charge in [-0.3, -0.25) is 9.59 Å². The van der Waals surface area contributed by atoms with Gasteiger partial charge in [0.1, 0.15) is 0 Å². The summed E-state index contributed by atoms with van der Waals surface area (Å²) in [6.07, 6.45) is 1.93. The minimum absolute atomic E-state index is 0.0609. The number of carbonyl (C=O) groups excluding carboxylic acids is 3. The summed E-state index contributed by atoms with van der Waals surface area (Å²) in [5.74, 6) is -1.32. The molecule has 0 aliphatic carbocycles. The quantitative estimate of drug-likeness (QED) is 0.273. The van der Waals surface area contributed by atoms with Crippen molar-refractivity contribution in [2.75, 3.05) is 26.3 Å². The molecule has 0 spiro atoms. The molecule has 3 rings (SSSR count). The highest BCUT2D eigenvalue weighted by molar-refractivity contribution is 7.90. The van der Waals surface area contributed by atoms with Gasteiger partial charge in [-0.05, 0) is 55.7 Å². The van der Waals surface area contributed by atoms with E-state index in [-0.39, 0.29) is 28.8 Å². The van der Waals surface area contributed by atoms with Crippen LogP contribution in [0.25, 0.3) is 0 Å². The minimum atomic E-state index is -4.21.